The monoisotopic (exact) mass is 619 g/mol. The number of hydrogen-bond donors (Lipinski definition) is 0. The maximum atomic E-state index is 7.62. The Labute approximate surface area is 277 Å². The number of anilines is 1. The highest BCUT2D eigenvalue weighted by molar-refractivity contribution is 6.09. The van der Waals surface area contributed by atoms with Crippen LogP contribution in [0.5, 0.6) is 17.2 Å². The molecule has 0 saturated heterocycles. The Balaban J connectivity index is 1.35. The van der Waals surface area contributed by atoms with E-state index in [4.69, 9.17) is 14.2 Å². The van der Waals surface area contributed by atoms with Gasteiger partial charge in [0.25, 0.3) is 0 Å². The lowest BCUT2D eigenvalue weighted by atomic mass is 9.60. The van der Waals surface area contributed by atoms with Crippen molar-refractivity contribution >= 4 is 22.5 Å². The summed E-state index contributed by atoms with van der Waals surface area (Å²) < 4.78 is 19.0. The molecule has 4 heteroatoms. The standard InChI is InChI=1S/C43H41NO3/c1-44(2)31-15-11-28(12-16-31)43(29-13-17-32(45-3)18-14-29)24-22-36-40-39(34-20-19-33(46-4)26-37(34)41(36)47-43)35-7-5-6-8-38(35)42(40)23-21-27-9-10-30(42)25-27/h5-8,11-20,22,24,26-27,30H,9-10,21,23,25H2,1-4H3. The number of ether oxygens (including phenoxy) is 3. The van der Waals surface area contributed by atoms with Crippen LogP contribution in [0.2, 0.25) is 0 Å². The van der Waals surface area contributed by atoms with E-state index in [1.54, 1.807) is 14.2 Å². The van der Waals surface area contributed by atoms with Crippen LogP contribution in [-0.2, 0) is 11.0 Å². The van der Waals surface area contributed by atoms with Crippen molar-refractivity contribution in [1.29, 1.82) is 0 Å². The van der Waals surface area contributed by atoms with E-state index in [1.807, 2.05) is 12.1 Å². The van der Waals surface area contributed by atoms with Gasteiger partial charge in [0.15, 0.2) is 5.60 Å². The molecule has 47 heavy (non-hydrogen) atoms. The van der Waals surface area contributed by atoms with Gasteiger partial charge >= 0.3 is 0 Å². The molecule has 3 aliphatic carbocycles. The summed E-state index contributed by atoms with van der Waals surface area (Å²) in [5.41, 5.74) is 9.48. The van der Waals surface area contributed by atoms with Crippen molar-refractivity contribution in [2.45, 2.75) is 43.1 Å². The number of nitrogens with zero attached hydrogens (tertiary/aromatic N) is 1. The fourth-order valence-corrected chi connectivity index (χ4v) is 9.64. The molecule has 1 aliphatic heterocycles. The van der Waals surface area contributed by atoms with E-state index in [2.05, 4.69) is 110 Å². The van der Waals surface area contributed by atoms with E-state index >= 15 is 0 Å². The lowest BCUT2D eigenvalue weighted by Crippen LogP contribution is -2.38. The first-order valence-electron chi connectivity index (χ1n) is 17.1. The third-order valence-corrected chi connectivity index (χ3v) is 11.9. The molecule has 0 amide bonds. The molecule has 5 aromatic carbocycles. The first kappa shape index (κ1) is 28.5. The Kier molecular flexibility index (Phi) is 6.31. The van der Waals surface area contributed by atoms with Crippen LogP contribution in [0.4, 0.5) is 5.69 Å². The van der Waals surface area contributed by atoms with Gasteiger partial charge in [-0.25, -0.2) is 0 Å². The second-order valence-corrected chi connectivity index (χ2v) is 14.2. The van der Waals surface area contributed by atoms with E-state index in [9.17, 15) is 0 Å². The summed E-state index contributed by atoms with van der Waals surface area (Å²) in [4.78, 5) is 2.13. The first-order valence-corrected chi connectivity index (χ1v) is 17.1. The van der Waals surface area contributed by atoms with Gasteiger partial charge in [-0.1, -0.05) is 61.0 Å². The predicted molar refractivity (Wildman–Crippen MR) is 191 cm³/mol. The molecule has 4 nitrogen and oxygen atoms in total. The molecular weight excluding hydrogens is 578 g/mol. The number of rotatable bonds is 5. The van der Waals surface area contributed by atoms with E-state index in [0.29, 0.717) is 5.92 Å². The Hall–Kier alpha value is -4.70. The first-order chi connectivity index (χ1) is 23.0. The largest absolute Gasteiger partial charge is 0.497 e. The van der Waals surface area contributed by atoms with Crippen molar-refractivity contribution in [3.05, 3.63) is 125 Å². The molecular formula is C43H41NO3. The van der Waals surface area contributed by atoms with E-state index in [0.717, 1.165) is 45.4 Å². The predicted octanol–water partition coefficient (Wildman–Crippen LogP) is 9.75. The van der Waals surface area contributed by atoms with Crippen LogP contribution in [0.25, 0.3) is 28.0 Å². The summed E-state index contributed by atoms with van der Waals surface area (Å²) in [6, 6.07) is 33.0. The minimum atomic E-state index is -0.835. The molecule has 4 atom stereocenters. The molecule has 9 rings (SSSR count). The molecule has 1 heterocycles. The Morgan fingerprint density at radius 2 is 1.49 bits per heavy atom. The SMILES string of the molecule is COc1ccc(C2(c3ccc(N(C)C)cc3)C=Cc3c4c(c5ccc(OC)cc5c3O2)-c2ccccc2C42CCC3CCC2C3)cc1. The van der Waals surface area contributed by atoms with Gasteiger partial charge in [0.2, 0.25) is 0 Å². The molecule has 4 aliphatic rings. The fourth-order valence-electron chi connectivity index (χ4n) is 9.64. The highest BCUT2D eigenvalue weighted by Crippen LogP contribution is 2.66. The van der Waals surface area contributed by atoms with Crippen LogP contribution in [0.15, 0.2) is 97.1 Å². The Bertz CT molecular complexity index is 2060. The topological polar surface area (TPSA) is 30.9 Å². The number of hydrogen-bond acceptors (Lipinski definition) is 4. The molecule has 2 fully saturated rings. The Morgan fingerprint density at radius 1 is 0.766 bits per heavy atom. The van der Waals surface area contributed by atoms with Gasteiger partial charge in [0.05, 0.1) is 14.2 Å². The van der Waals surface area contributed by atoms with Crippen LogP contribution in [0.1, 0.15) is 59.9 Å². The van der Waals surface area contributed by atoms with Crippen LogP contribution in [0, 0.1) is 11.8 Å². The maximum absolute atomic E-state index is 7.62. The van der Waals surface area contributed by atoms with Crippen LogP contribution >= 0.6 is 0 Å². The average molecular weight is 620 g/mol. The van der Waals surface area contributed by atoms with Gasteiger partial charge < -0.3 is 19.1 Å². The highest BCUT2D eigenvalue weighted by Gasteiger charge is 2.55. The zero-order valence-corrected chi connectivity index (χ0v) is 27.7. The average Bonchev–Trinajstić information content (AvgIpc) is 3.66. The zero-order valence-electron chi connectivity index (χ0n) is 27.7. The molecule has 236 valence electrons. The summed E-state index contributed by atoms with van der Waals surface area (Å²) in [6.45, 7) is 0. The summed E-state index contributed by atoms with van der Waals surface area (Å²) in [7, 11) is 7.61. The van der Waals surface area contributed by atoms with Crippen LogP contribution in [0.3, 0.4) is 0 Å². The van der Waals surface area contributed by atoms with E-state index in [-0.39, 0.29) is 5.41 Å². The lowest BCUT2D eigenvalue weighted by Gasteiger charge is -2.44. The number of methoxy groups -OCH3 is 2. The summed E-state index contributed by atoms with van der Waals surface area (Å²) in [5.74, 6) is 4.11. The molecule has 2 saturated carbocycles. The molecule has 4 unspecified atom stereocenters. The van der Waals surface area contributed by atoms with Gasteiger partial charge in [-0.05, 0) is 114 Å². The summed E-state index contributed by atoms with van der Waals surface area (Å²) >= 11 is 0. The third kappa shape index (κ3) is 3.94. The summed E-state index contributed by atoms with van der Waals surface area (Å²) in [6.07, 6.45) is 11.2. The summed E-state index contributed by atoms with van der Waals surface area (Å²) in [5, 5.41) is 2.34. The molecule has 0 radical (unpaired) electrons. The van der Waals surface area contributed by atoms with Crippen LogP contribution < -0.4 is 19.1 Å². The van der Waals surface area contributed by atoms with Gasteiger partial charge in [-0.2, -0.15) is 0 Å². The van der Waals surface area contributed by atoms with Crippen molar-refractivity contribution in [3.8, 4) is 28.4 Å². The van der Waals surface area contributed by atoms with Gasteiger partial charge in [0.1, 0.15) is 17.2 Å². The van der Waals surface area contributed by atoms with E-state index in [1.165, 1.54) is 65.3 Å². The van der Waals surface area contributed by atoms with Crippen molar-refractivity contribution < 1.29 is 14.2 Å². The molecule has 1 spiro atoms. The Morgan fingerprint density at radius 3 is 2.23 bits per heavy atom. The number of fused-ring (bicyclic) bond motifs is 13. The molecule has 2 bridgehead atoms. The smallest absolute Gasteiger partial charge is 0.178 e. The second kappa shape index (κ2) is 10.4. The van der Waals surface area contributed by atoms with E-state index < -0.39 is 5.60 Å². The minimum Gasteiger partial charge on any atom is -0.497 e. The van der Waals surface area contributed by atoms with Gasteiger partial charge in [-0.3, -0.25) is 0 Å². The quantitative estimate of drug-likeness (QED) is 0.196. The molecule has 0 aromatic heterocycles. The normalized spacial score (nSPS) is 24.9. The second-order valence-electron chi connectivity index (χ2n) is 14.2. The fraction of sp³-hybridized carbons (Fsp3) is 0.302. The van der Waals surface area contributed by atoms with Gasteiger partial charge in [-0.15, -0.1) is 0 Å². The highest BCUT2D eigenvalue weighted by atomic mass is 16.5. The molecule has 5 aromatic rings. The number of benzene rings is 5. The maximum Gasteiger partial charge on any atom is 0.178 e. The van der Waals surface area contributed by atoms with Crippen molar-refractivity contribution in [1.82, 2.24) is 0 Å². The van der Waals surface area contributed by atoms with Crippen molar-refractivity contribution in [2.24, 2.45) is 11.8 Å². The molecule has 0 N–H and O–H groups in total. The van der Waals surface area contributed by atoms with Gasteiger partial charge in [0, 0.05) is 47.3 Å². The van der Waals surface area contributed by atoms with Crippen LogP contribution in [-0.4, -0.2) is 28.3 Å². The lowest BCUT2D eigenvalue weighted by molar-refractivity contribution is 0.162. The van der Waals surface area contributed by atoms with Crippen molar-refractivity contribution in [3.63, 3.8) is 0 Å². The third-order valence-electron chi connectivity index (χ3n) is 11.9. The zero-order chi connectivity index (χ0) is 31.9. The van der Waals surface area contributed by atoms with Crippen molar-refractivity contribution in [2.75, 3.05) is 33.2 Å². The minimum absolute atomic E-state index is 0.00169.